The van der Waals surface area contributed by atoms with E-state index in [1.807, 2.05) is 37.3 Å². The van der Waals surface area contributed by atoms with Crippen molar-refractivity contribution in [3.63, 3.8) is 0 Å². The maximum absolute atomic E-state index is 12.8. The summed E-state index contributed by atoms with van der Waals surface area (Å²) in [5.74, 6) is -0.123. The minimum absolute atomic E-state index is 0.123. The van der Waals surface area contributed by atoms with Crippen molar-refractivity contribution in [2.75, 3.05) is 17.7 Å². The third-order valence-corrected chi connectivity index (χ3v) is 4.54. The lowest BCUT2D eigenvalue weighted by Crippen LogP contribution is -2.12. The molecule has 3 rings (SSSR count). The molecule has 0 aliphatic heterocycles. The predicted molar refractivity (Wildman–Crippen MR) is 112 cm³/mol. The lowest BCUT2D eigenvalue weighted by molar-refractivity contribution is 0.103. The molecule has 0 atom stereocenters. The van der Waals surface area contributed by atoms with Crippen LogP contribution < -0.4 is 10.6 Å². The van der Waals surface area contributed by atoms with E-state index in [0.717, 1.165) is 5.56 Å². The Bertz CT molecular complexity index is 1030. The Morgan fingerprint density at radius 2 is 1.57 bits per heavy atom. The van der Waals surface area contributed by atoms with Crippen LogP contribution in [0.2, 0.25) is 5.02 Å². The quantitative estimate of drug-likeness (QED) is 0.536. The van der Waals surface area contributed by atoms with E-state index >= 15 is 0 Å². The Hall–Kier alpha value is -3.31. The second-order valence-corrected chi connectivity index (χ2v) is 6.53. The summed E-state index contributed by atoms with van der Waals surface area (Å²) in [5, 5.41) is 6.18. The van der Waals surface area contributed by atoms with Crippen molar-refractivity contribution in [3.8, 4) is 0 Å². The fourth-order valence-corrected chi connectivity index (χ4v) is 3.03. The van der Waals surface area contributed by atoms with Crippen molar-refractivity contribution in [1.82, 2.24) is 0 Å². The molecule has 0 fully saturated rings. The molecule has 0 unspecified atom stereocenters. The standard InChI is InChI=1S/C22H19ClN2O3/c1-14-7-3-4-8-16(14)21(26)17-12-11-15(13-18(17)23)24-19-9-5-6-10-20(19)25-22(27)28-2/h3-13,24H,1-2H3,(H,25,27). The van der Waals surface area contributed by atoms with E-state index in [1.165, 1.54) is 7.11 Å². The lowest BCUT2D eigenvalue weighted by atomic mass is 9.99. The van der Waals surface area contributed by atoms with Crippen LogP contribution in [-0.2, 0) is 4.74 Å². The monoisotopic (exact) mass is 394 g/mol. The third kappa shape index (κ3) is 4.32. The van der Waals surface area contributed by atoms with E-state index in [1.54, 1.807) is 36.4 Å². The number of ketones is 1. The summed E-state index contributed by atoms with van der Waals surface area (Å²) in [7, 11) is 1.30. The minimum atomic E-state index is -0.563. The average Bonchev–Trinajstić information content (AvgIpc) is 2.69. The zero-order chi connectivity index (χ0) is 20.1. The Morgan fingerprint density at radius 1 is 0.893 bits per heavy atom. The van der Waals surface area contributed by atoms with Gasteiger partial charge in [-0.25, -0.2) is 4.79 Å². The molecule has 0 aromatic heterocycles. The largest absolute Gasteiger partial charge is 0.453 e. The van der Waals surface area contributed by atoms with Crippen LogP contribution >= 0.6 is 11.6 Å². The number of aryl methyl sites for hydroxylation is 1. The number of para-hydroxylation sites is 2. The fraction of sp³-hybridized carbons (Fsp3) is 0.0909. The van der Waals surface area contributed by atoms with Gasteiger partial charge in [-0.05, 0) is 42.8 Å². The second-order valence-electron chi connectivity index (χ2n) is 6.13. The second kappa shape index (κ2) is 8.59. The number of carbonyl (C=O) groups is 2. The molecule has 0 radical (unpaired) electrons. The fourth-order valence-electron chi connectivity index (χ4n) is 2.77. The molecule has 28 heavy (non-hydrogen) atoms. The van der Waals surface area contributed by atoms with Crippen LogP contribution in [0.3, 0.4) is 0 Å². The molecule has 0 spiro atoms. The van der Waals surface area contributed by atoms with Gasteiger partial charge in [-0.1, -0.05) is 48.0 Å². The van der Waals surface area contributed by atoms with Gasteiger partial charge in [0.05, 0.1) is 23.5 Å². The van der Waals surface area contributed by atoms with E-state index in [2.05, 4.69) is 15.4 Å². The molecule has 0 saturated carbocycles. The summed E-state index contributed by atoms with van der Waals surface area (Å²) < 4.78 is 4.64. The van der Waals surface area contributed by atoms with Crippen molar-refractivity contribution in [2.24, 2.45) is 0 Å². The van der Waals surface area contributed by atoms with E-state index in [9.17, 15) is 9.59 Å². The Kier molecular flexibility index (Phi) is 5.96. The maximum Gasteiger partial charge on any atom is 0.411 e. The van der Waals surface area contributed by atoms with Crippen molar-refractivity contribution < 1.29 is 14.3 Å². The first kappa shape index (κ1) is 19.5. The molecule has 1 amide bonds. The van der Waals surface area contributed by atoms with Gasteiger partial charge < -0.3 is 10.1 Å². The number of rotatable bonds is 5. The normalized spacial score (nSPS) is 10.2. The van der Waals surface area contributed by atoms with Gasteiger partial charge in [0.15, 0.2) is 5.78 Å². The summed E-state index contributed by atoms with van der Waals surface area (Å²) in [6.07, 6.45) is -0.563. The average molecular weight is 395 g/mol. The molecule has 3 aromatic carbocycles. The molecule has 0 aliphatic carbocycles. The Balaban J connectivity index is 1.85. The molecule has 0 aliphatic rings. The van der Waals surface area contributed by atoms with Crippen LogP contribution in [0, 0.1) is 6.92 Å². The van der Waals surface area contributed by atoms with Crippen LogP contribution in [0.5, 0.6) is 0 Å². The number of hydrogen-bond acceptors (Lipinski definition) is 4. The zero-order valence-electron chi connectivity index (χ0n) is 15.5. The summed E-state index contributed by atoms with van der Waals surface area (Å²) in [5.41, 5.74) is 3.87. The van der Waals surface area contributed by atoms with Crippen LogP contribution in [0.15, 0.2) is 66.7 Å². The van der Waals surface area contributed by atoms with Gasteiger partial charge in [0, 0.05) is 16.8 Å². The highest BCUT2D eigenvalue weighted by atomic mass is 35.5. The number of anilines is 3. The van der Waals surface area contributed by atoms with Crippen molar-refractivity contribution in [3.05, 3.63) is 88.4 Å². The summed E-state index contributed by atoms with van der Waals surface area (Å²) in [4.78, 5) is 24.3. The van der Waals surface area contributed by atoms with Gasteiger partial charge in [0.2, 0.25) is 0 Å². The first-order valence-electron chi connectivity index (χ1n) is 8.60. The third-order valence-electron chi connectivity index (χ3n) is 4.23. The number of hydrogen-bond donors (Lipinski definition) is 2. The van der Waals surface area contributed by atoms with Crippen molar-refractivity contribution >= 4 is 40.5 Å². The first-order valence-corrected chi connectivity index (χ1v) is 8.98. The number of nitrogens with one attached hydrogen (secondary N) is 2. The molecule has 142 valence electrons. The summed E-state index contributed by atoms with van der Waals surface area (Å²) >= 11 is 6.39. The lowest BCUT2D eigenvalue weighted by Gasteiger charge is -2.14. The topological polar surface area (TPSA) is 67.4 Å². The van der Waals surface area contributed by atoms with Gasteiger partial charge >= 0.3 is 6.09 Å². The summed E-state index contributed by atoms with van der Waals surface area (Å²) in [6.45, 7) is 1.89. The molecule has 0 heterocycles. The summed E-state index contributed by atoms with van der Waals surface area (Å²) in [6, 6.07) is 19.7. The molecule has 3 aromatic rings. The van der Waals surface area contributed by atoms with Crippen LogP contribution in [-0.4, -0.2) is 19.0 Å². The van der Waals surface area contributed by atoms with E-state index in [0.29, 0.717) is 33.2 Å². The van der Waals surface area contributed by atoms with Gasteiger partial charge in [-0.15, -0.1) is 0 Å². The molecule has 0 saturated heterocycles. The number of halogens is 1. The number of benzene rings is 3. The molecule has 5 nitrogen and oxygen atoms in total. The number of ether oxygens (including phenoxy) is 1. The highest BCUT2D eigenvalue weighted by Gasteiger charge is 2.15. The van der Waals surface area contributed by atoms with Gasteiger partial charge in [0.25, 0.3) is 0 Å². The van der Waals surface area contributed by atoms with Crippen LogP contribution in [0.25, 0.3) is 0 Å². The number of carbonyl (C=O) groups excluding carboxylic acids is 2. The highest BCUT2D eigenvalue weighted by Crippen LogP contribution is 2.29. The SMILES string of the molecule is COC(=O)Nc1ccccc1Nc1ccc(C(=O)c2ccccc2C)c(Cl)c1. The van der Waals surface area contributed by atoms with E-state index in [-0.39, 0.29) is 5.78 Å². The van der Waals surface area contributed by atoms with Gasteiger partial charge in [-0.3, -0.25) is 10.1 Å². The molecular formula is C22H19ClN2O3. The minimum Gasteiger partial charge on any atom is -0.453 e. The Morgan fingerprint density at radius 3 is 2.25 bits per heavy atom. The first-order chi connectivity index (χ1) is 13.5. The van der Waals surface area contributed by atoms with E-state index in [4.69, 9.17) is 11.6 Å². The smallest absolute Gasteiger partial charge is 0.411 e. The predicted octanol–water partition coefficient (Wildman–Crippen LogP) is 5.80. The highest BCUT2D eigenvalue weighted by molar-refractivity contribution is 6.35. The van der Waals surface area contributed by atoms with E-state index < -0.39 is 6.09 Å². The Labute approximate surface area is 168 Å². The molecule has 2 N–H and O–H groups in total. The molecule has 0 bridgehead atoms. The molecular weight excluding hydrogens is 376 g/mol. The number of methoxy groups -OCH3 is 1. The van der Waals surface area contributed by atoms with Gasteiger partial charge in [0.1, 0.15) is 0 Å². The molecule has 6 heteroatoms. The maximum atomic E-state index is 12.8. The number of amides is 1. The van der Waals surface area contributed by atoms with Gasteiger partial charge in [-0.2, -0.15) is 0 Å². The van der Waals surface area contributed by atoms with Crippen LogP contribution in [0.4, 0.5) is 21.9 Å². The van der Waals surface area contributed by atoms with Crippen molar-refractivity contribution in [1.29, 1.82) is 0 Å². The van der Waals surface area contributed by atoms with Crippen molar-refractivity contribution in [2.45, 2.75) is 6.92 Å². The zero-order valence-corrected chi connectivity index (χ0v) is 16.2. The van der Waals surface area contributed by atoms with Crippen LogP contribution in [0.1, 0.15) is 21.5 Å².